The van der Waals surface area contributed by atoms with E-state index in [0.29, 0.717) is 38.0 Å². The van der Waals surface area contributed by atoms with E-state index >= 15 is 0 Å². The highest BCUT2D eigenvalue weighted by Crippen LogP contribution is 2.38. The summed E-state index contributed by atoms with van der Waals surface area (Å²) in [5.74, 6) is -0.218. The van der Waals surface area contributed by atoms with Crippen LogP contribution >= 0.6 is 11.3 Å². The molecule has 1 aliphatic rings. The molecule has 0 radical (unpaired) electrons. The van der Waals surface area contributed by atoms with Crippen LogP contribution in [0.1, 0.15) is 23.1 Å². The summed E-state index contributed by atoms with van der Waals surface area (Å²) >= 11 is 1.27. The van der Waals surface area contributed by atoms with Crippen molar-refractivity contribution in [3.05, 3.63) is 52.8 Å². The standard InChI is InChI=1S/C20H15F3N4O2S/c1-10(28)25-12-6-14-15(19(29)26-18(14)24-8-12)7-13-3-4-16(30-13)11-5-17(20(21,22)23)27(2)9-11/h3-9H,1-2H3,(H,25,28)(H,24,26,29). The largest absolute Gasteiger partial charge is 0.431 e. The van der Waals surface area contributed by atoms with Gasteiger partial charge in [0.1, 0.15) is 11.5 Å². The lowest BCUT2D eigenvalue weighted by Crippen LogP contribution is -2.09. The fourth-order valence-electron chi connectivity index (χ4n) is 3.19. The number of pyridine rings is 1. The Labute approximate surface area is 173 Å². The number of rotatable bonds is 3. The first-order chi connectivity index (χ1) is 14.1. The average molecular weight is 432 g/mol. The van der Waals surface area contributed by atoms with Crippen LogP contribution in [-0.2, 0) is 22.8 Å². The van der Waals surface area contributed by atoms with Gasteiger partial charge in [0.2, 0.25) is 5.91 Å². The van der Waals surface area contributed by atoms with E-state index in [1.807, 2.05) is 0 Å². The third kappa shape index (κ3) is 3.73. The van der Waals surface area contributed by atoms with Crippen molar-refractivity contribution in [1.82, 2.24) is 9.55 Å². The van der Waals surface area contributed by atoms with Gasteiger partial charge in [-0.25, -0.2) is 4.98 Å². The van der Waals surface area contributed by atoms with Crippen LogP contribution in [0.4, 0.5) is 24.7 Å². The summed E-state index contributed by atoms with van der Waals surface area (Å²) < 4.78 is 40.2. The second-order valence-corrected chi connectivity index (χ2v) is 7.85. The highest BCUT2D eigenvalue weighted by Gasteiger charge is 2.34. The number of halogens is 3. The third-order valence-electron chi connectivity index (χ3n) is 4.47. The van der Waals surface area contributed by atoms with Crippen LogP contribution in [0, 0.1) is 0 Å². The topological polar surface area (TPSA) is 76.0 Å². The number of fused-ring (bicyclic) bond motifs is 1. The number of aryl methyl sites for hydroxylation is 1. The van der Waals surface area contributed by atoms with Crippen LogP contribution in [0.5, 0.6) is 0 Å². The Bertz CT molecular complexity index is 1210. The van der Waals surface area contributed by atoms with Crippen molar-refractivity contribution in [3.8, 4) is 10.4 Å². The zero-order valence-electron chi connectivity index (χ0n) is 15.8. The lowest BCUT2D eigenvalue weighted by Gasteiger charge is -2.05. The van der Waals surface area contributed by atoms with Crippen LogP contribution in [0.15, 0.2) is 36.7 Å². The van der Waals surface area contributed by atoms with Gasteiger partial charge in [-0.1, -0.05) is 0 Å². The molecule has 3 aromatic rings. The first kappa shape index (κ1) is 19.9. The number of carbonyl (C=O) groups is 2. The Morgan fingerprint density at radius 2 is 2.07 bits per heavy atom. The normalized spacial score (nSPS) is 14.7. The number of thiophene rings is 1. The van der Waals surface area contributed by atoms with Crippen molar-refractivity contribution in [2.45, 2.75) is 13.1 Å². The van der Waals surface area contributed by atoms with Crippen molar-refractivity contribution in [2.24, 2.45) is 7.05 Å². The quantitative estimate of drug-likeness (QED) is 0.593. The molecule has 10 heteroatoms. The minimum Gasteiger partial charge on any atom is -0.346 e. The molecule has 0 atom stereocenters. The molecule has 2 amide bonds. The van der Waals surface area contributed by atoms with E-state index in [-0.39, 0.29) is 11.8 Å². The molecular formula is C20H15F3N4O2S. The minimum absolute atomic E-state index is 0.261. The lowest BCUT2D eigenvalue weighted by atomic mass is 10.1. The summed E-state index contributed by atoms with van der Waals surface area (Å²) in [6.07, 6.45) is 0.0919. The molecule has 1 aliphatic heterocycles. The first-order valence-corrected chi connectivity index (χ1v) is 9.58. The fraction of sp³-hybridized carbons (Fsp3) is 0.150. The number of nitrogens with zero attached hydrogens (tertiary/aromatic N) is 2. The Hall–Kier alpha value is -3.40. The van der Waals surface area contributed by atoms with Gasteiger partial charge < -0.3 is 15.2 Å². The molecule has 0 aliphatic carbocycles. The second kappa shape index (κ2) is 7.13. The molecule has 0 spiro atoms. The molecule has 6 nitrogen and oxygen atoms in total. The summed E-state index contributed by atoms with van der Waals surface area (Å²) in [7, 11) is 1.35. The lowest BCUT2D eigenvalue weighted by molar-refractivity contribution is -0.143. The van der Waals surface area contributed by atoms with Crippen molar-refractivity contribution < 1.29 is 22.8 Å². The van der Waals surface area contributed by atoms with Crippen LogP contribution < -0.4 is 10.6 Å². The molecule has 0 saturated carbocycles. The van der Waals surface area contributed by atoms with Crippen molar-refractivity contribution in [3.63, 3.8) is 0 Å². The predicted octanol–water partition coefficient (Wildman–Crippen LogP) is 4.62. The molecule has 0 bridgehead atoms. The van der Waals surface area contributed by atoms with Gasteiger partial charge in [0, 0.05) is 41.0 Å². The molecular weight excluding hydrogens is 417 g/mol. The Morgan fingerprint density at radius 3 is 2.73 bits per heavy atom. The van der Waals surface area contributed by atoms with Crippen molar-refractivity contribution in [1.29, 1.82) is 0 Å². The molecule has 2 N–H and O–H groups in total. The number of hydrogen-bond donors (Lipinski definition) is 2. The number of amides is 2. The number of carbonyl (C=O) groups excluding carboxylic acids is 2. The molecule has 154 valence electrons. The van der Waals surface area contributed by atoms with Gasteiger partial charge in [-0.2, -0.15) is 13.2 Å². The third-order valence-corrected chi connectivity index (χ3v) is 5.55. The smallest absolute Gasteiger partial charge is 0.346 e. The highest BCUT2D eigenvalue weighted by atomic mass is 32.1. The number of alkyl halides is 3. The Balaban J connectivity index is 1.67. The van der Waals surface area contributed by atoms with Gasteiger partial charge in [0.25, 0.3) is 5.91 Å². The summed E-state index contributed by atoms with van der Waals surface area (Å²) in [5, 5.41) is 5.28. The second-order valence-electron chi connectivity index (χ2n) is 6.74. The molecule has 0 saturated heterocycles. The van der Waals surface area contributed by atoms with Crippen LogP contribution in [0.2, 0.25) is 0 Å². The molecule has 4 heterocycles. The molecule has 0 aromatic carbocycles. The van der Waals surface area contributed by atoms with Gasteiger partial charge in [-0.15, -0.1) is 11.3 Å². The molecule has 30 heavy (non-hydrogen) atoms. The number of aromatic nitrogens is 2. The SMILES string of the molecule is CC(=O)Nc1cnc2c(c1)C(=Cc1ccc(-c3cc(C(F)(F)F)n(C)c3)s1)C(=O)N2. The predicted molar refractivity (Wildman–Crippen MR) is 109 cm³/mol. The van der Waals surface area contributed by atoms with Crippen molar-refractivity contribution >= 4 is 46.3 Å². The monoisotopic (exact) mass is 432 g/mol. The number of nitrogens with one attached hydrogen (secondary N) is 2. The van der Waals surface area contributed by atoms with Gasteiger partial charge in [-0.05, 0) is 30.3 Å². The summed E-state index contributed by atoms with van der Waals surface area (Å²) in [6, 6.07) is 6.20. The highest BCUT2D eigenvalue weighted by molar-refractivity contribution is 7.16. The summed E-state index contributed by atoms with van der Waals surface area (Å²) in [4.78, 5) is 29.1. The molecule has 0 unspecified atom stereocenters. The van der Waals surface area contributed by atoms with E-state index in [2.05, 4.69) is 15.6 Å². The maximum Gasteiger partial charge on any atom is 0.431 e. The van der Waals surface area contributed by atoms with E-state index < -0.39 is 11.9 Å². The zero-order chi connectivity index (χ0) is 21.6. The molecule has 4 rings (SSSR count). The van der Waals surface area contributed by atoms with Crippen LogP contribution in [-0.4, -0.2) is 21.4 Å². The Kier molecular flexibility index (Phi) is 4.73. The summed E-state index contributed by atoms with van der Waals surface area (Å²) in [5.41, 5.74) is 1.08. The average Bonchev–Trinajstić information content (AvgIpc) is 3.33. The van der Waals surface area contributed by atoms with Gasteiger partial charge in [-0.3, -0.25) is 9.59 Å². The molecule has 3 aromatic heterocycles. The van der Waals surface area contributed by atoms with Gasteiger partial charge >= 0.3 is 6.18 Å². The number of anilines is 2. The summed E-state index contributed by atoms with van der Waals surface area (Å²) in [6.45, 7) is 1.37. The zero-order valence-corrected chi connectivity index (χ0v) is 16.6. The van der Waals surface area contributed by atoms with Gasteiger partial charge in [0.05, 0.1) is 17.5 Å². The fourth-order valence-corrected chi connectivity index (χ4v) is 4.12. The van der Waals surface area contributed by atoms with Crippen molar-refractivity contribution in [2.75, 3.05) is 10.6 Å². The maximum atomic E-state index is 13.0. The van der Waals surface area contributed by atoms with E-state index in [4.69, 9.17) is 0 Å². The van der Waals surface area contributed by atoms with E-state index in [1.54, 1.807) is 24.3 Å². The number of hydrogen-bond acceptors (Lipinski definition) is 4. The minimum atomic E-state index is -4.43. The first-order valence-electron chi connectivity index (χ1n) is 8.76. The van der Waals surface area contributed by atoms with Crippen LogP contribution in [0.25, 0.3) is 22.1 Å². The Morgan fingerprint density at radius 1 is 1.30 bits per heavy atom. The van der Waals surface area contributed by atoms with E-state index in [9.17, 15) is 22.8 Å². The van der Waals surface area contributed by atoms with E-state index in [0.717, 1.165) is 10.6 Å². The maximum absolute atomic E-state index is 13.0. The van der Waals surface area contributed by atoms with E-state index in [1.165, 1.54) is 37.7 Å². The van der Waals surface area contributed by atoms with Gasteiger partial charge in [0.15, 0.2) is 0 Å². The molecule has 0 fully saturated rings. The van der Waals surface area contributed by atoms with Crippen LogP contribution in [0.3, 0.4) is 0 Å².